The highest BCUT2D eigenvalue weighted by atomic mass is 35.5. The van der Waals surface area contributed by atoms with E-state index >= 15 is 0 Å². The van der Waals surface area contributed by atoms with E-state index in [2.05, 4.69) is 10.6 Å². The lowest BCUT2D eigenvalue weighted by Gasteiger charge is -2.11. The van der Waals surface area contributed by atoms with E-state index in [4.69, 9.17) is 16.7 Å². The smallest absolute Gasteiger partial charge is 0.337 e. The molecule has 5 nitrogen and oxygen atoms in total. The van der Waals surface area contributed by atoms with Crippen molar-refractivity contribution >= 4 is 40.5 Å². The molecule has 2 rings (SSSR count). The summed E-state index contributed by atoms with van der Waals surface area (Å²) in [4.78, 5) is 22.1. The molecule has 21 heavy (non-hydrogen) atoms. The van der Waals surface area contributed by atoms with Crippen LogP contribution in [-0.4, -0.2) is 17.0 Å². The third-order valence-electron chi connectivity index (χ3n) is 2.70. The number of anilines is 3. The van der Waals surface area contributed by atoms with Crippen LogP contribution in [0.2, 0.25) is 5.02 Å². The van der Waals surface area contributed by atoms with Crippen molar-refractivity contribution < 1.29 is 14.7 Å². The number of halogens is 1. The molecule has 0 bridgehead atoms. The maximum absolute atomic E-state index is 11.2. The van der Waals surface area contributed by atoms with Gasteiger partial charge in [0, 0.05) is 23.3 Å². The Morgan fingerprint density at radius 1 is 1.05 bits per heavy atom. The summed E-state index contributed by atoms with van der Waals surface area (Å²) in [6.07, 6.45) is 0. The van der Waals surface area contributed by atoms with Crippen LogP contribution in [0.1, 0.15) is 17.3 Å². The minimum absolute atomic E-state index is 0.0911. The fourth-order valence-corrected chi connectivity index (χ4v) is 1.97. The Balaban J connectivity index is 2.22. The summed E-state index contributed by atoms with van der Waals surface area (Å²) in [5.74, 6) is -1.21. The quantitative estimate of drug-likeness (QED) is 0.804. The van der Waals surface area contributed by atoms with E-state index in [1.54, 1.807) is 36.4 Å². The normalized spacial score (nSPS) is 10.0. The molecule has 0 heterocycles. The first kappa shape index (κ1) is 14.9. The lowest BCUT2D eigenvalue weighted by molar-refractivity contribution is -0.114. The highest BCUT2D eigenvalue weighted by Gasteiger charge is 2.10. The summed E-state index contributed by atoms with van der Waals surface area (Å²) >= 11 is 5.80. The molecule has 0 spiro atoms. The van der Waals surface area contributed by atoms with Crippen molar-refractivity contribution in [1.29, 1.82) is 0 Å². The van der Waals surface area contributed by atoms with Gasteiger partial charge in [-0.25, -0.2) is 4.79 Å². The summed E-state index contributed by atoms with van der Waals surface area (Å²) in [6.45, 7) is 1.43. The molecular formula is C15H13ClN2O3. The van der Waals surface area contributed by atoms with Crippen LogP contribution < -0.4 is 10.6 Å². The maximum atomic E-state index is 11.2. The average Bonchev–Trinajstić information content (AvgIpc) is 2.42. The number of aromatic carboxylic acids is 1. The van der Waals surface area contributed by atoms with Crippen molar-refractivity contribution in [2.24, 2.45) is 0 Å². The predicted molar refractivity (Wildman–Crippen MR) is 82.4 cm³/mol. The average molecular weight is 305 g/mol. The summed E-state index contributed by atoms with van der Waals surface area (Å²) < 4.78 is 0. The van der Waals surface area contributed by atoms with Crippen LogP contribution in [0.4, 0.5) is 17.1 Å². The van der Waals surface area contributed by atoms with Crippen LogP contribution in [0.15, 0.2) is 42.5 Å². The zero-order valence-corrected chi connectivity index (χ0v) is 11.9. The Morgan fingerprint density at radius 3 is 2.24 bits per heavy atom. The van der Waals surface area contributed by atoms with Crippen LogP contribution in [0.25, 0.3) is 0 Å². The monoisotopic (exact) mass is 304 g/mol. The highest BCUT2D eigenvalue weighted by Crippen LogP contribution is 2.25. The van der Waals surface area contributed by atoms with E-state index in [1.807, 2.05) is 0 Å². The first-order chi connectivity index (χ1) is 9.95. The number of carboxylic acid groups (broad SMARTS) is 1. The predicted octanol–water partition coefficient (Wildman–Crippen LogP) is 3.74. The number of carbonyl (C=O) groups is 2. The zero-order chi connectivity index (χ0) is 15.4. The SMILES string of the molecule is CC(=O)Nc1ccc(Nc2ccc(Cl)cc2C(=O)O)cc1. The van der Waals surface area contributed by atoms with Gasteiger partial charge in [0.25, 0.3) is 0 Å². The van der Waals surface area contributed by atoms with Crippen molar-refractivity contribution in [2.75, 3.05) is 10.6 Å². The van der Waals surface area contributed by atoms with Gasteiger partial charge in [-0.15, -0.1) is 0 Å². The van der Waals surface area contributed by atoms with Crippen molar-refractivity contribution in [2.45, 2.75) is 6.92 Å². The van der Waals surface area contributed by atoms with Crippen molar-refractivity contribution in [3.8, 4) is 0 Å². The molecule has 0 atom stereocenters. The molecule has 3 N–H and O–H groups in total. The molecule has 0 unspecified atom stereocenters. The first-order valence-electron chi connectivity index (χ1n) is 6.13. The minimum atomic E-state index is -1.06. The molecule has 2 aromatic carbocycles. The van der Waals surface area contributed by atoms with Crippen molar-refractivity contribution in [3.63, 3.8) is 0 Å². The Kier molecular flexibility index (Phi) is 4.45. The van der Waals surface area contributed by atoms with Gasteiger partial charge in [-0.2, -0.15) is 0 Å². The number of rotatable bonds is 4. The van der Waals surface area contributed by atoms with Crippen LogP contribution in [0, 0.1) is 0 Å². The number of hydrogen-bond acceptors (Lipinski definition) is 3. The van der Waals surface area contributed by atoms with E-state index in [1.165, 1.54) is 13.0 Å². The van der Waals surface area contributed by atoms with Gasteiger partial charge >= 0.3 is 5.97 Å². The molecule has 6 heteroatoms. The topological polar surface area (TPSA) is 78.4 Å². The van der Waals surface area contributed by atoms with Gasteiger partial charge in [0.15, 0.2) is 0 Å². The van der Waals surface area contributed by atoms with E-state index < -0.39 is 5.97 Å². The van der Waals surface area contributed by atoms with Gasteiger partial charge in [-0.1, -0.05) is 11.6 Å². The fourth-order valence-electron chi connectivity index (χ4n) is 1.80. The van der Waals surface area contributed by atoms with Crippen LogP contribution in [0.3, 0.4) is 0 Å². The molecular weight excluding hydrogens is 292 g/mol. The number of amides is 1. The van der Waals surface area contributed by atoms with Crippen LogP contribution in [-0.2, 0) is 4.79 Å². The second-order valence-corrected chi connectivity index (χ2v) is 4.82. The summed E-state index contributed by atoms with van der Waals surface area (Å²) in [5, 5.41) is 15.2. The van der Waals surface area contributed by atoms with Crippen molar-refractivity contribution in [3.05, 3.63) is 53.1 Å². The Morgan fingerprint density at radius 2 is 1.67 bits per heavy atom. The molecule has 0 saturated carbocycles. The molecule has 0 saturated heterocycles. The highest BCUT2D eigenvalue weighted by molar-refractivity contribution is 6.31. The third-order valence-corrected chi connectivity index (χ3v) is 2.93. The summed E-state index contributed by atoms with van der Waals surface area (Å²) in [5.41, 5.74) is 1.91. The molecule has 0 aromatic heterocycles. The standard InChI is InChI=1S/C15H13ClN2O3/c1-9(19)17-11-3-5-12(6-4-11)18-14-7-2-10(16)8-13(14)15(20)21/h2-8,18H,1H3,(H,17,19)(H,20,21). The minimum Gasteiger partial charge on any atom is -0.478 e. The first-order valence-corrected chi connectivity index (χ1v) is 6.51. The van der Waals surface area contributed by atoms with Gasteiger partial charge in [-0.05, 0) is 42.5 Å². The number of nitrogens with one attached hydrogen (secondary N) is 2. The number of carboxylic acids is 1. The van der Waals surface area contributed by atoms with Gasteiger partial charge in [0.2, 0.25) is 5.91 Å². The van der Waals surface area contributed by atoms with E-state index in [9.17, 15) is 9.59 Å². The summed E-state index contributed by atoms with van der Waals surface area (Å²) in [7, 11) is 0. The maximum Gasteiger partial charge on any atom is 0.337 e. The zero-order valence-electron chi connectivity index (χ0n) is 11.2. The van der Waals surface area contributed by atoms with E-state index in [-0.39, 0.29) is 11.5 Å². The molecule has 0 aliphatic rings. The third kappa shape index (κ3) is 3.97. The van der Waals surface area contributed by atoms with Crippen LogP contribution >= 0.6 is 11.6 Å². The lowest BCUT2D eigenvalue weighted by Crippen LogP contribution is -2.05. The number of carbonyl (C=O) groups excluding carboxylic acids is 1. The molecule has 0 fully saturated rings. The number of benzene rings is 2. The lowest BCUT2D eigenvalue weighted by atomic mass is 10.1. The Bertz CT molecular complexity index is 684. The number of hydrogen-bond donors (Lipinski definition) is 3. The Hall–Kier alpha value is -2.53. The Labute approximate surface area is 126 Å². The second kappa shape index (κ2) is 6.28. The largest absolute Gasteiger partial charge is 0.478 e. The van der Waals surface area contributed by atoms with Gasteiger partial charge in [0.05, 0.1) is 11.3 Å². The summed E-state index contributed by atoms with van der Waals surface area (Å²) in [6, 6.07) is 11.5. The second-order valence-electron chi connectivity index (χ2n) is 4.38. The van der Waals surface area contributed by atoms with Gasteiger partial charge in [0.1, 0.15) is 0 Å². The van der Waals surface area contributed by atoms with Gasteiger partial charge < -0.3 is 15.7 Å². The molecule has 0 aliphatic heterocycles. The molecule has 0 aliphatic carbocycles. The van der Waals surface area contributed by atoms with Crippen molar-refractivity contribution in [1.82, 2.24) is 0 Å². The molecule has 1 amide bonds. The van der Waals surface area contributed by atoms with E-state index in [0.717, 1.165) is 0 Å². The van der Waals surface area contributed by atoms with E-state index in [0.29, 0.717) is 22.1 Å². The molecule has 2 aromatic rings. The molecule has 0 radical (unpaired) electrons. The van der Waals surface area contributed by atoms with Crippen LogP contribution in [0.5, 0.6) is 0 Å². The van der Waals surface area contributed by atoms with Gasteiger partial charge in [-0.3, -0.25) is 4.79 Å². The fraction of sp³-hybridized carbons (Fsp3) is 0.0667. The molecule has 108 valence electrons.